The molecule has 0 unspecified atom stereocenters. The minimum Gasteiger partial charge on any atom is -0.493 e. The van der Waals surface area contributed by atoms with Crippen molar-refractivity contribution in [3.63, 3.8) is 0 Å². The molecule has 0 atom stereocenters. The molecule has 2 rings (SSSR count). The molecule has 0 saturated carbocycles. The third kappa shape index (κ3) is 3.58. The lowest BCUT2D eigenvalue weighted by molar-refractivity contribution is -0.116. The van der Waals surface area contributed by atoms with Crippen LogP contribution in [0.3, 0.4) is 0 Å². The fourth-order valence-corrected chi connectivity index (χ4v) is 1.58. The van der Waals surface area contributed by atoms with E-state index < -0.39 is 0 Å². The van der Waals surface area contributed by atoms with Crippen LogP contribution in [0, 0.1) is 13.8 Å². The fourth-order valence-electron chi connectivity index (χ4n) is 1.58. The summed E-state index contributed by atoms with van der Waals surface area (Å²) < 4.78 is 5.46. The number of amides is 1. The Bertz CT molecular complexity index is 549. The number of aromatic amines is 1. The smallest absolute Gasteiger partial charge is 0.229 e. The van der Waals surface area contributed by atoms with E-state index in [2.05, 4.69) is 15.5 Å². The van der Waals surface area contributed by atoms with E-state index in [0.29, 0.717) is 18.8 Å². The Morgan fingerprint density at radius 2 is 2.05 bits per heavy atom. The van der Waals surface area contributed by atoms with Gasteiger partial charge in [-0.15, -0.1) is 0 Å². The predicted octanol–water partition coefficient (Wildman–Crippen LogP) is 2.43. The van der Waals surface area contributed by atoms with Crippen LogP contribution in [-0.4, -0.2) is 22.7 Å². The number of carbonyl (C=O) groups excluding carboxylic acids is 1. The maximum Gasteiger partial charge on any atom is 0.229 e. The molecule has 1 heterocycles. The Morgan fingerprint density at radius 3 is 2.68 bits per heavy atom. The van der Waals surface area contributed by atoms with Crippen LogP contribution >= 0.6 is 0 Å². The molecule has 1 amide bonds. The number of carbonyl (C=O) groups is 1. The number of rotatable bonds is 5. The second-order valence-electron chi connectivity index (χ2n) is 4.28. The van der Waals surface area contributed by atoms with Crippen LogP contribution in [0.15, 0.2) is 30.3 Å². The van der Waals surface area contributed by atoms with Gasteiger partial charge in [0.15, 0.2) is 5.82 Å². The molecule has 1 aromatic heterocycles. The Kier molecular flexibility index (Phi) is 4.18. The van der Waals surface area contributed by atoms with E-state index in [4.69, 9.17) is 4.74 Å². The Hall–Kier alpha value is -2.30. The van der Waals surface area contributed by atoms with Gasteiger partial charge >= 0.3 is 0 Å². The standard InChI is InChI=1S/C14H17N3O2/c1-10-11(2)16-17-14(10)15-13(18)8-9-19-12-6-4-3-5-7-12/h3-7H,8-9H2,1-2H3,(H2,15,16,17,18). The van der Waals surface area contributed by atoms with E-state index in [1.807, 2.05) is 44.2 Å². The molecule has 0 radical (unpaired) electrons. The number of hydrogen-bond donors (Lipinski definition) is 2. The Morgan fingerprint density at radius 1 is 1.32 bits per heavy atom. The topological polar surface area (TPSA) is 67.0 Å². The number of aryl methyl sites for hydroxylation is 1. The molecule has 0 fully saturated rings. The van der Waals surface area contributed by atoms with E-state index in [1.54, 1.807) is 0 Å². The van der Waals surface area contributed by atoms with Crippen molar-refractivity contribution in [3.8, 4) is 5.75 Å². The molecule has 0 aliphatic rings. The van der Waals surface area contributed by atoms with Gasteiger partial charge in [0.25, 0.3) is 0 Å². The highest BCUT2D eigenvalue weighted by Crippen LogP contribution is 2.14. The molecule has 2 aromatic rings. The summed E-state index contributed by atoms with van der Waals surface area (Å²) in [6.45, 7) is 4.17. The van der Waals surface area contributed by atoms with Crippen LogP contribution in [0.25, 0.3) is 0 Å². The summed E-state index contributed by atoms with van der Waals surface area (Å²) in [5, 5.41) is 9.61. The van der Waals surface area contributed by atoms with Crippen LogP contribution in [0.2, 0.25) is 0 Å². The number of benzene rings is 1. The van der Waals surface area contributed by atoms with E-state index in [0.717, 1.165) is 17.0 Å². The lowest BCUT2D eigenvalue weighted by Crippen LogP contribution is -2.16. The summed E-state index contributed by atoms with van der Waals surface area (Å²) in [5.41, 5.74) is 1.91. The van der Waals surface area contributed by atoms with Gasteiger partial charge in [0.05, 0.1) is 13.0 Å². The second-order valence-corrected chi connectivity index (χ2v) is 4.28. The zero-order valence-electron chi connectivity index (χ0n) is 11.1. The van der Waals surface area contributed by atoms with E-state index in [-0.39, 0.29) is 5.91 Å². The van der Waals surface area contributed by atoms with Crippen LogP contribution in [0.5, 0.6) is 5.75 Å². The number of nitrogens with one attached hydrogen (secondary N) is 2. The molecule has 0 saturated heterocycles. The largest absolute Gasteiger partial charge is 0.493 e. The van der Waals surface area contributed by atoms with Crippen LogP contribution in [-0.2, 0) is 4.79 Å². The van der Waals surface area contributed by atoms with Crippen molar-refractivity contribution >= 4 is 11.7 Å². The second kappa shape index (κ2) is 6.04. The van der Waals surface area contributed by atoms with Gasteiger partial charge in [-0.1, -0.05) is 18.2 Å². The van der Waals surface area contributed by atoms with Gasteiger partial charge in [0.1, 0.15) is 5.75 Å². The number of anilines is 1. The van der Waals surface area contributed by atoms with Crippen molar-refractivity contribution in [1.29, 1.82) is 0 Å². The first-order chi connectivity index (χ1) is 9.16. The molecule has 1 aromatic carbocycles. The highest BCUT2D eigenvalue weighted by Gasteiger charge is 2.09. The first-order valence-electron chi connectivity index (χ1n) is 6.16. The van der Waals surface area contributed by atoms with Gasteiger partial charge in [0, 0.05) is 11.3 Å². The highest BCUT2D eigenvalue weighted by molar-refractivity contribution is 5.90. The molecule has 19 heavy (non-hydrogen) atoms. The molecule has 0 bridgehead atoms. The fraction of sp³-hybridized carbons (Fsp3) is 0.286. The number of H-pyrrole nitrogens is 1. The summed E-state index contributed by atoms with van der Waals surface area (Å²) in [5.74, 6) is 1.25. The minimum atomic E-state index is -0.106. The highest BCUT2D eigenvalue weighted by atomic mass is 16.5. The van der Waals surface area contributed by atoms with Crippen LogP contribution < -0.4 is 10.1 Å². The quantitative estimate of drug-likeness (QED) is 0.866. The normalized spacial score (nSPS) is 10.2. The van der Waals surface area contributed by atoms with E-state index in [9.17, 15) is 4.79 Å². The van der Waals surface area contributed by atoms with Gasteiger partial charge in [-0.2, -0.15) is 5.10 Å². The summed E-state index contributed by atoms with van der Waals surface area (Å²) in [7, 11) is 0. The van der Waals surface area contributed by atoms with Gasteiger partial charge in [0.2, 0.25) is 5.91 Å². The van der Waals surface area contributed by atoms with Crippen LogP contribution in [0.4, 0.5) is 5.82 Å². The average molecular weight is 259 g/mol. The molecule has 5 nitrogen and oxygen atoms in total. The van der Waals surface area contributed by atoms with Crippen molar-refractivity contribution in [2.45, 2.75) is 20.3 Å². The number of ether oxygens (including phenoxy) is 1. The number of hydrogen-bond acceptors (Lipinski definition) is 3. The van der Waals surface area contributed by atoms with Crippen molar-refractivity contribution in [3.05, 3.63) is 41.6 Å². The van der Waals surface area contributed by atoms with E-state index >= 15 is 0 Å². The SMILES string of the molecule is Cc1[nH]nc(NC(=O)CCOc2ccccc2)c1C. The van der Waals surface area contributed by atoms with Crippen molar-refractivity contribution in [2.75, 3.05) is 11.9 Å². The molecule has 5 heteroatoms. The van der Waals surface area contributed by atoms with Crippen molar-refractivity contribution < 1.29 is 9.53 Å². The van der Waals surface area contributed by atoms with E-state index in [1.165, 1.54) is 0 Å². The Labute approximate surface area is 112 Å². The molecule has 100 valence electrons. The average Bonchev–Trinajstić information content (AvgIpc) is 2.72. The number of nitrogens with zero attached hydrogens (tertiary/aromatic N) is 1. The summed E-state index contributed by atoms with van der Waals surface area (Å²) in [6.07, 6.45) is 0.292. The third-order valence-corrected chi connectivity index (χ3v) is 2.85. The first kappa shape index (κ1) is 13.1. The summed E-state index contributed by atoms with van der Waals surface area (Å²) in [6, 6.07) is 9.43. The Balaban J connectivity index is 1.78. The maximum absolute atomic E-state index is 11.7. The zero-order chi connectivity index (χ0) is 13.7. The zero-order valence-corrected chi connectivity index (χ0v) is 11.1. The lowest BCUT2D eigenvalue weighted by Gasteiger charge is -2.06. The maximum atomic E-state index is 11.7. The molecule has 0 aliphatic heterocycles. The van der Waals surface area contributed by atoms with Gasteiger partial charge in [-0.3, -0.25) is 9.89 Å². The van der Waals surface area contributed by atoms with Gasteiger partial charge in [-0.05, 0) is 26.0 Å². The molecule has 2 N–H and O–H groups in total. The van der Waals surface area contributed by atoms with Crippen molar-refractivity contribution in [2.24, 2.45) is 0 Å². The summed E-state index contributed by atoms with van der Waals surface area (Å²) >= 11 is 0. The van der Waals surface area contributed by atoms with Crippen LogP contribution in [0.1, 0.15) is 17.7 Å². The minimum absolute atomic E-state index is 0.106. The van der Waals surface area contributed by atoms with Gasteiger partial charge < -0.3 is 10.1 Å². The third-order valence-electron chi connectivity index (χ3n) is 2.85. The van der Waals surface area contributed by atoms with Crippen molar-refractivity contribution in [1.82, 2.24) is 10.2 Å². The molecular weight excluding hydrogens is 242 g/mol. The first-order valence-corrected chi connectivity index (χ1v) is 6.16. The lowest BCUT2D eigenvalue weighted by atomic mass is 10.3. The van der Waals surface area contributed by atoms with Gasteiger partial charge in [-0.25, -0.2) is 0 Å². The molecule has 0 spiro atoms. The number of para-hydroxylation sites is 1. The number of aromatic nitrogens is 2. The predicted molar refractivity (Wildman–Crippen MR) is 73.2 cm³/mol. The molecular formula is C14H17N3O2. The molecule has 0 aliphatic carbocycles. The summed E-state index contributed by atoms with van der Waals surface area (Å²) in [4.78, 5) is 11.7. The monoisotopic (exact) mass is 259 g/mol.